The maximum absolute atomic E-state index is 12.5. The highest BCUT2D eigenvalue weighted by atomic mass is 16.5. The Labute approximate surface area is 173 Å². The van der Waals surface area contributed by atoms with Crippen molar-refractivity contribution >= 4 is 17.3 Å². The minimum absolute atomic E-state index is 0.100. The molecule has 2 aromatic rings. The van der Waals surface area contributed by atoms with Gasteiger partial charge >= 0.3 is 0 Å². The number of hydrogen-bond acceptors (Lipinski definition) is 4. The van der Waals surface area contributed by atoms with Crippen LogP contribution in [0, 0.1) is 0 Å². The third-order valence-corrected chi connectivity index (χ3v) is 6.19. The maximum atomic E-state index is 12.5. The first-order valence-corrected chi connectivity index (χ1v) is 10.8. The Morgan fingerprint density at radius 1 is 1.03 bits per heavy atom. The summed E-state index contributed by atoms with van der Waals surface area (Å²) < 4.78 is 5.66. The molecule has 0 aliphatic carbocycles. The molecule has 0 saturated carbocycles. The van der Waals surface area contributed by atoms with Crippen molar-refractivity contribution in [3.8, 4) is 5.75 Å². The number of hydrogen-bond donors (Lipinski definition) is 1. The van der Waals surface area contributed by atoms with Crippen molar-refractivity contribution in [1.29, 1.82) is 0 Å². The molecule has 2 aliphatic heterocycles. The third kappa shape index (κ3) is 4.40. The monoisotopic (exact) mass is 393 g/mol. The number of unbranched alkanes of at least 4 members (excludes halogenated alkanes) is 1. The molecular weight excluding hydrogens is 362 g/mol. The third-order valence-electron chi connectivity index (χ3n) is 6.19. The van der Waals surface area contributed by atoms with Gasteiger partial charge in [-0.1, -0.05) is 13.3 Å². The van der Waals surface area contributed by atoms with Gasteiger partial charge in [0, 0.05) is 42.1 Å². The van der Waals surface area contributed by atoms with E-state index in [-0.39, 0.29) is 5.91 Å². The smallest absolute Gasteiger partial charge is 0.255 e. The van der Waals surface area contributed by atoms with Crippen LogP contribution in [-0.2, 0) is 0 Å². The van der Waals surface area contributed by atoms with E-state index in [1.807, 2.05) is 36.4 Å². The predicted octanol–water partition coefficient (Wildman–Crippen LogP) is 4.40. The van der Waals surface area contributed by atoms with Gasteiger partial charge < -0.3 is 19.9 Å². The number of carbonyl (C=O) groups is 1. The van der Waals surface area contributed by atoms with Gasteiger partial charge in [-0.2, -0.15) is 0 Å². The standard InChI is InChI=1S/C24H31N3O2/c1-3-4-17-29-21-11-5-18(6-12-21)24(28)25-19-7-9-20(10-8-19)27-16-14-22-23(27)13-15-26(22)2/h5-12,22-23H,3-4,13-17H2,1-2H3,(H,25,28)/t22-,23-/m0/s1. The van der Waals surface area contributed by atoms with Gasteiger partial charge in [-0.15, -0.1) is 0 Å². The molecular formula is C24H31N3O2. The molecule has 0 aromatic heterocycles. The van der Waals surface area contributed by atoms with Gasteiger partial charge in [0.1, 0.15) is 5.75 Å². The number of likely N-dealkylation sites (N-methyl/N-ethyl adjacent to an activating group) is 1. The number of ether oxygens (including phenoxy) is 1. The zero-order valence-electron chi connectivity index (χ0n) is 17.4. The molecule has 2 saturated heterocycles. The number of nitrogens with zero attached hydrogens (tertiary/aromatic N) is 2. The molecule has 5 heteroatoms. The molecule has 154 valence electrons. The summed E-state index contributed by atoms with van der Waals surface area (Å²) in [6.07, 6.45) is 4.61. The SMILES string of the molecule is CCCCOc1ccc(C(=O)Nc2ccc(N3CC[C@H]4[C@@H]3CCN4C)cc2)cc1. The molecule has 2 heterocycles. The number of nitrogens with one attached hydrogen (secondary N) is 1. The molecule has 2 fully saturated rings. The highest BCUT2D eigenvalue weighted by Gasteiger charge is 2.40. The van der Waals surface area contributed by atoms with Gasteiger partial charge in [0.25, 0.3) is 5.91 Å². The molecule has 1 N–H and O–H groups in total. The number of amides is 1. The molecule has 0 radical (unpaired) electrons. The highest BCUT2D eigenvalue weighted by Crippen LogP contribution is 2.34. The topological polar surface area (TPSA) is 44.8 Å². The molecule has 0 spiro atoms. The fraction of sp³-hybridized carbons (Fsp3) is 0.458. The van der Waals surface area contributed by atoms with Crippen LogP contribution in [0.5, 0.6) is 5.75 Å². The van der Waals surface area contributed by atoms with Crippen molar-refractivity contribution in [2.45, 2.75) is 44.7 Å². The van der Waals surface area contributed by atoms with Crippen LogP contribution in [0.1, 0.15) is 43.0 Å². The van der Waals surface area contributed by atoms with Crippen LogP contribution in [0.4, 0.5) is 11.4 Å². The van der Waals surface area contributed by atoms with Crippen molar-refractivity contribution in [2.75, 3.05) is 37.0 Å². The summed E-state index contributed by atoms with van der Waals surface area (Å²) in [5.74, 6) is 0.706. The predicted molar refractivity (Wildman–Crippen MR) is 118 cm³/mol. The first kappa shape index (κ1) is 19.8. The van der Waals surface area contributed by atoms with Crippen LogP contribution >= 0.6 is 0 Å². The van der Waals surface area contributed by atoms with E-state index in [0.29, 0.717) is 24.3 Å². The summed E-state index contributed by atoms with van der Waals surface area (Å²) in [6.45, 7) is 5.14. The quantitative estimate of drug-likeness (QED) is 0.708. The van der Waals surface area contributed by atoms with Crippen molar-refractivity contribution in [1.82, 2.24) is 4.90 Å². The second kappa shape index (κ2) is 8.87. The van der Waals surface area contributed by atoms with Crippen LogP contribution in [0.15, 0.2) is 48.5 Å². The zero-order chi connectivity index (χ0) is 20.2. The Bertz CT molecular complexity index is 819. The van der Waals surface area contributed by atoms with Crippen LogP contribution < -0.4 is 15.0 Å². The lowest BCUT2D eigenvalue weighted by atomic mass is 10.1. The first-order valence-electron chi connectivity index (χ1n) is 10.8. The van der Waals surface area contributed by atoms with Gasteiger partial charge in [0.2, 0.25) is 0 Å². The summed E-state index contributed by atoms with van der Waals surface area (Å²) >= 11 is 0. The molecule has 4 rings (SSSR count). The average molecular weight is 394 g/mol. The summed E-state index contributed by atoms with van der Waals surface area (Å²) in [4.78, 5) is 17.6. The lowest BCUT2D eigenvalue weighted by molar-refractivity contribution is 0.102. The average Bonchev–Trinajstić information content (AvgIpc) is 3.32. The van der Waals surface area contributed by atoms with Gasteiger partial charge in [-0.05, 0) is 74.8 Å². The first-order chi connectivity index (χ1) is 14.2. The Kier molecular flexibility index (Phi) is 6.05. The second-order valence-electron chi connectivity index (χ2n) is 8.11. The molecule has 2 aliphatic rings. The van der Waals surface area contributed by atoms with E-state index in [9.17, 15) is 4.79 Å². The second-order valence-corrected chi connectivity index (χ2v) is 8.11. The summed E-state index contributed by atoms with van der Waals surface area (Å²) in [7, 11) is 2.23. The van der Waals surface area contributed by atoms with Crippen molar-refractivity contribution < 1.29 is 9.53 Å². The van der Waals surface area contributed by atoms with Crippen LogP contribution in [0.2, 0.25) is 0 Å². The summed E-state index contributed by atoms with van der Waals surface area (Å²) in [5, 5.41) is 2.99. The van der Waals surface area contributed by atoms with E-state index in [0.717, 1.165) is 30.8 Å². The fourth-order valence-electron chi connectivity index (χ4n) is 4.50. The zero-order valence-corrected chi connectivity index (χ0v) is 17.4. The largest absolute Gasteiger partial charge is 0.494 e. The number of carbonyl (C=O) groups excluding carboxylic acids is 1. The Hall–Kier alpha value is -2.53. The maximum Gasteiger partial charge on any atom is 0.255 e. The van der Waals surface area contributed by atoms with Crippen molar-refractivity contribution in [3.63, 3.8) is 0 Å². The Morgan fingerprint density at radius 3 is 2.48 bits per heavy atom. The minimum Gasteiger partial charge on any atom is -0.494 e. The molecule has 0 unspecified atom stereocenters. The van der Waals surface area contributed by atoms with Gasteiger partial charge in [0.15, 0.2) is 0 Å². The Balaban J connectivity index is 1.34. The van der Waals surface area contributed by atoms with Gasteiger partial charge in [0.05, 0.1) is 6.61 Å². The molecule has 29 heavy (non-hydrogen) atoms. The normalized spacial score (nSPS) is 21.2. The van der Waals surface area contributed by atoms with Crippen LogP contribution in [0.3, 0.4) is 0 Å². The number of likely N-dealkylation sites (tertiary alicyclic amines) is 1. The molecule has 5 nitrogen and oxygen atoms in total. The number of fused-ring (bicyclic) bond motifs is 1. The summed E-state index contributed by atoms with van der Waals surface area (Å²) in [6, 6.07) is 16.9. The number of rotatable bonds is 7. The van der Waals surface area contributed by atoms with E-state index in [1.54, 1.807) is 0 Å². The number of benzene rings is 2. The van der Waals surface area contributed by atoms with E-state index >= 15 is 0 Å². The van der Waals surface area contributed by atoms with E-state index in [2.05, 4.69) is 41.2 Å². The fourth-order valence-corrected chi connectivity index (χ4v) is 4.50. The lowest BCUT2D eigenvalue weighted by Crippen LogP contribution is -2.34. The van der Waals surface area contributed by atoms with E-state index in [1.165, 1.54) is 25.1 Å². The summed E-state index contributed by atoms with van der Waals surface area (Å²) in [5.41, 5.74) is 2.70. The number of anilines is 2. The molecule has 0 bridgehead atoms. The molecule has 2 aromatic carbocycles. The molecule has 2 atom stereocenters. The van der Waals surface area contributed by atoms with E-state index < -0.39 is 0 Å². The van der Waals surface area contributed by atoms with Crippen molar-refractivity contribution in [2.24, 2.45) is 0 Å². The van der Waals surface area contributed by atoms with Gasteiger partial charge in [-0.3, -0.25) is 4.79 Å². The van der Waals surface area contributed by atoms with Crippen molar-refractivity contribution in [3.05, 3.63) is 54.1 Å². The Morgan fingerprint density at radius 2 is 1.76 bits per heavy atom. The van der Waals surface area contributed by atoms with Crippen LogP contribution in [-0.4, -0.2) is 49.6 Å². The van der Waals surface area contributed by atoms with Crippen LogP contribution in [0.25, 0.3) is 0 Å². The minimum atomic E-state index is -0.100. The van der Waals surface area contributed by atoms with E-state index in [4.69, 9.17) is 4.74 Å². The lowest BCUT2D eigenvalue weighted by Gasteiger charge is -2.26. The molecule has 1 amide bonds. The highest BCUT2D eigenvalue weighted by molar-refractivity contribution is 6.04. The van der Waals surface area contributed by atoms with Gasteiger partial charge in [-0.25, -0.2) is 0 Å².